The van der Waals surface area contributed by atoms with Crippen molar-refractivity contribution in [3.8, 4) is 11.1 Å². The van der Waals surface area contributed by atoms with Crippen LogP contribution in [0.25, 0.3) is 65.8 Å². The third kappa shape index (κ3) is 4.33. The van der Waals surface area contributed by atoms with E-state index in [1.165, 1.54) is 10.8 Å². The molecule has 1 aliphatic heterocycles. The summed E-state index contributed by atoms with van der Waals surface area (Å²) < 4.78 is 13.1. The van der Waals surface area contributed by atoms with Gasteiger partial charge in [-0.2, -0.15) is 0 Å². The minimum absolute atomic E-state index is 0.219. The Morgan fingerprint density at radius 3 is 2.15 bits per heavy atom. The summed E-state index contributed by atoms with van der Waals surface area (Å²) in [5, 5.41) is 14.2. The van der Waals surface area contributed by atoms with Crippen LogP contribution in [0, 0.1) is 0 Å². The maximum atomic E-state index is 6.60. The second kappa shape index (κ2) is 10.7. The number of aliphatic imine (C=N–C) groups is 1. The zero-order chi connectivity index (χ0) is 31.6. The van der Waals surface area contributed by atoms with Crippen molar-refractivity contribution in [1.82, 2.24) is 10.6 Å². The number of hydrogen-bond donors (Lipinski definition) is 2. The van der Waals surface area contributed by atoms with Crippen LogP contribution in [0.2, 0.25) is 0 Å². The summed E-state index contributed by atoms with van der Waals surface area (Å²) in [5.41, 5.74) is 8.85. The third-order valence-corrected chi connectivity index (χ3v) is 9.54. The predicted molar refractivity (Wildman–Crippen MR) is 195 cm³/mol. The molecule has 48 heavy (non-hydrogen) atoms. The van der Waals surface area contributed by atoms with Crippen molar-refractivity contribution in [3.05, 3.63) is 168 Å². The van der Waals surface area contributed by atoms with Gasteiger partial charge in [-0.3, -0.25) is 5.32 Å². The minimum Gasteiger partial charge on any atom is -0.456 e. The summed E-state index contributed by atoms with van der Waals surface area (Å²) in [6.07, 6.45) is -0.442. The van der Waals surface area contributed by atoms with Crippen LogP contribution in [-0.2, 0) is 0 Å². The molecular formula is C43H29N3O2. The molecule has 0 radical (unpaired) electrons. The number of furan rings is 2. The molecule has 0 saturated heterocycles. The third-order valence-electron chi connectivity index (χ3n) is 9.54. The summed E-state index contributed by atoms with van der Waals surface area (Å²) >= 11 is 0. The Morgan fingerprint density at radius 2 is 1.29 bits per heavy atom. The largest absolute Gasteiger partial charge is 0.456 e. The maximum absolute atomic E-state index is 6.60. The summed E-state index contributed by atoms with van der Waals surface area (Å²) in [6, 6.07) is 52.7. The van der Waals surface area contributed by atoms with Crippen molar-refractivity contribution in [2.24, 2.45) is 4.99 Å². The van der Waals surface area contributed by atoms with Crippen LogP contribution in [0.1, 0.15) is 29.0 Å². The molecule has 2 N–H and O–H groups in total. The first kappa shape index (κ1) is 27.0. The van der Waals surface area contributed by atoms with Gasteiger partial charge in [0.25, 0.3) is 0 Å². The Morgan fingerprint density at radius 1 is 0.521 bits per heavy atom. The molecule has 2 atom stereocenters. The number of fused-ring (bicyclic) bond motifs is 7. The normalized spacial score (nSPS) is 16.5. The molecule has 0 bridgehead atoms. The van der Waals surface area contributed by atoms with Crippen molar-refractivity contribution in [2.75, 3.05) is 0 Å². The lowest BCUT2D eigenvalue weighted by atomic mass is 9.97. The van der Waals surface area contributed by atoms with E-state index in [0.29, 0.717) is 0 Å². The molecule has 0 fully saturated rings. The number of rotatable bonds is 4. The number of nitrogens with one attached hydrogen (secondary N) is 2. The van der Waals surface area contributed by atoms with Crippen LogP contribution in [-0.4, -0.2) is 5.84 Å². The molecule has 10 rings (SSSR count). The lowest BCUT2D eigenvalue weighted by Crippen LogP contribution is -2.45. The first-order chi connectivity index (χ1) is 23.8. The predicted octanol–water partition coefficient (Wildman–Crippen LogP) is 10.6. The highest BCUT2D eigenvalue weighted by atomic mass is 16.3. The lowest BCUT2D eigenvalue weighted by molar-refractivity contribution is 0.411. The molecule has 1 aliphatic rings. The summed E-state index contributed by atoms with van der Waals surface area (Å²) in [5.74, 6) is 0.850. The molecule has 7 aromatic carbocycles. The van der Waals surface area contributed by atoms with Crippen LogP contribution in [0.3, 0.4) is 0 Å². The smallest absolute Gasteiger partial charge is 0.143 e. The SMILES string of the molecule is c1ccc(C2=NC(c3ccccc3)NC(c3cccc4oc5ccc(-c6cccc7c6oc6cc8ccccc8cc67)cc5c34)N2)cc1. The average molecular weight is 620 g/mol. The topological polar surface area (TPSA) is 62.7 Å². The highest BCUT2D eigenvalue weighted by Gasteiger charge is 2.28. The fourth-order valence-corrected chi connectivity index (χ4v) is 7.24. The highest BCUT2D eigenvalue weighted by Crippen LogP contribution is 2.41. The Kier molecular flexibility index (Phi) is 6.01. The molecule has 228 valence electrons. The van der Waals surface area contributed by atoms with Crippen molar-refractivity contribution in [2.45, 2.75) is 12.3 Å². The molecule has 0 saturated carbocycles. The van der Waals surface area contributed by atoms with Crippen LogP contribution >= 0.6 is 0 Å². The number of para-hydroxylation sites is 1. The summed E-state index contributed by atoms with van der Waals surface area (Å²) in [6.45, 7) is 0. The number of hydrogen-bond acceptors (Lipinski definition) is 5. The van der Waals surface area contributed by atoms with Crippen molar-refractivity contribution < 1.29 is 8.83 Å². The van der Waals surface area contributed by atoms with E-state index in [1.807, 2.05) is 30.3 Å². The van der Waals surface area contributed by atoms with Gasteiger partial charge in [0.1, 0.15) is 40.5 Å². The quantitative estimate of drug-likeness (QED) is 0.206. The van der Waals surface area contributed by atoms with E-state index in [-0.39, 0.29) is 12.3 Å². The van der Waals surface area contributed by atoms with Crippen LogP contribution in [0.4, 0.5) is 0 Å². The number of nitrogens with zero attached hydrogens (tertiary/aromatic N) is 1. The monoisotopic (exact) mass is 619 g/mol. The molecule has 0 aliphatic carbocycles. The first-order valence-electron chi connectivity index (χ1n) is 16.3. The first-order valence-corrected chi connectivity index (χ1v) is 16.3. The second-order valence-electron chi connectivity index (χ2n) is 12.4. The number of benzene rings is 7. The molecule has 5 heteroatoms. The van der Waals surface area contributed by atoms with Gasteiger partial charge < -0.3 is 14.2 Å². The maximum Gasteiger partial charge on any atom is 0.143 e. The lowest BCUT2D eigenvalue weighted by Gasteiger charge is -2.32. The average Bonchev–Trinajstić information content (AvgIpc) is 3.72. The van der Waals surface area contributed by atoms with Gasteiger partial charge in [-0.25, -0.2) is 4.99 Å². The summed E-state index contributed by atoms with van der Waals surface area (Å²) in [7, 11) is 0. The minimum atomic E-state index is -0.223. The molecule has 2 unspecified atom stereocenters. The number of amidine groups is 1. The van der Waals surface area contributed by atoms with Gasteiger partial charge in [0.05, 0.1) is 0 Å². The Hall–Kier alpha value is -6.17. The molecule has 2 aromatic heterocycles. The van der Waals surface area contributed by atoms with Crippen LogP contribution in [0.15, 0.2) is 165 Å². The van der Waals surface area contributed by atoms with Crippen molar-refractivity contribution >= 4 is 60.5 Å². The molecular weight excluding hydrogens is 590 g/mol. The molecule has 5 nitrogen and oxygen atoms in total. The van der Waals surface area contributed by atoms with E-state index in [2.05, 4.69) is 132 Å². The van der Waals surface area contributed by atoms with E-state index < -0.39 is 0 Å². The van der Waals surface area contributed by atoms with Crippen molar-refractivity contribution in [3.63, 3.8) is 0 Å². The molecule has 3 heterocycles. The van der Waals surface area contributed by atoms with Gasteiger partial charge in [0, 0.05) is 38.2 Å². The van der Waals surface area contributed by atoms with Gasteiger partial charge in [0.15, 0.2) is 0 Å². The van der Waals surface area contributed by atoms with E-state index in [0.717, 1.165) is 77.5 Å². The van der Waals surface area contributed by atoms with Gasteiger partial charge in [-0.05, 0) is 52.2 Å². The zero-order valence-corrected chi connectivity index (χ0v) is 25.9. The standard InChI is InChI=1S/C43H29N3O2/c1-3-11-26(12-4-1)41-44-42(27-13-5-2-6-14-27)46-43(45-41)33-19-10-20-37-39(33)35-24-30(21-22-36(35)47-37)31-17-9-18-32-34-23-28-15-7-8-16-29(28)25-38(34)48-40(31)32/h1-25,41,43,45H,(H,44,46). The van der Waals surface area contributed by atoms with Gasteiger partial charge in [-0.15, -0.1) is 0 Å². The highest BCUT2D eigenvalue weighted by molar-refractivity contribution is 6.14. The molecule has 0 spiro atoms. The van der Waals surface area contributed by atoms with E-state index in [1.54, 1.807) is 0 Å². The summed E-state index contributed by atoms with van der Waals surface area (Å²) in [4.78, 5) is 5.11. The van der Waals surface area contributed by atoms with Crippen LogP contribution in [0.5, 0.6) is 0 Å². The van der Waals surface area contributed by atoms with E-state index in [4.69, 9.17) is 13.8 Å². The zero-order valence-electron chi connectivity index (χ0n) is 25.9. The van der Waals surface area contributed by atoms with Gasteiger partial charge in [0.2, 0.25) is 0 Å². The molecule has 9 aromatic rings. The molecule has 0 amide bonds. The second-order valence-corrected chi connectivity index (χ2v) is 12.4. The van der Waals surface area contributed by atoms with Crippen molar-refractivity contribution in [1.29, 1.82) is 0 Å². The Bertz CT molecular complexity index is 2690. The van der Waals surface area contributed by atoms with E-state index >= 15 is 0 Å². The Balaban J connectivity index is 1.13. The fourth-order valence-electron chi connectivity index (χ4n) is 7.24. The van der Waals surface area contributed by atoms with Gasteiger partial charge >= 0.3 is 0 Å². The Labute approximate surface area is 276 Å². The van der Waals surface area contributed by atoms with Gasteiger partial charge in [-0.1, -0.05) is 121 Å². The fraction of sp³-hybridized carbons (Fsp3) is 0.0465. The van der Waals surface area contributed by atoms with Crippen LogP contribution < -0.4 is 10.6 Å². The van der Waals surface area contributed by atoms with E-state index in [9.17, 15) is 0 Å².